The number of hydrogen-bond acceptors (Lipinski definition) is 5. The molecule has 1 aromatic rings. The maximum Gasteiger partial charge on any atom is 0.247 e. The molecule has 0 aliphatic carbocycles. The normalized spacial score (nSPS) is 13.2. The van der Waals surface area contributed by atoms with Crippen LogP contribution in [0, 0.1) is 5.82 Å². The standard InChI is InChI=1S/C9H11BrFN3O4S/c10-4-1-5(11)6(12)2-8(4)19(17,18)14-3-7(15)9(13)16/h1-2,7,14-15H,3,12H2,(H2,13,16). The van der Waals surface area contributed by atoms with Crippen molar-refractivity contribution in [1.82, 2.24) is 4.72 Å². The number of aliphatic hydroxyl groups excluding tert-OH is 1. The van der Waals surface area contributed by atoms with Crippen molar-refractivity contribution in [2.24, 2.45) is 5.73 Å². The molecule has 7 nitrogen and oxygen atoms in total. The number of amides is 1. The quantitative estimate of drug-likeness (QED) is 0.517. The van der Waals surface area contributed by atoms with Gasteiger partial charge in [-0.2, -0.15) is 0 Å². The number of nitrogen functional groups attached to an aromatic ring is 1. The number of nitrogens with two attached hydrogens (primary N) is 2. The minimum atomic E-state index is -4.07. The first-order valence-electron chi connectivity index (χ1n) is 4.86. The van der Waals surface area contributed by atoms with E-state index in [-0.39, 0.29) is 15.1 Å². The summed E-state index contributed by atoms with van der Waals surface area (Å²) in [7, 11) is -4.07. The summed E-state index contributed by atoms with van der Waals surface area (Å²) >= 11 is 2.88. The molecular formula is C9H11BrFN3O4S. The molecule has 1 amide bonds. The summed E-state index contributed by atoms with van der Waals surface area (Å²) in [5.74, 6) is -1.84. The van der Waals surface area contributed by atoms with Crippen molar-refractivity contribution < 1.29 is 22.7 Å². The second-order valence-corrected chi connectivity index (χ2v) is 6.16. The number of hydrogen-bond donors (Lipinski definition) is 4. The number of benzene rings is 1. The molecule has 10 heteroatoms. The molecule has 0 aliphatic rings. The van der Waals surface area contributed by atoms with Crippen LogP contribution in [0.3, 0.4) is 0 Å². The van der Waals surface area contributed by atoms with E-state index in [1.54, 1.807) is 0 Å². The zero-order valence-corrected chi connectivity index (χ0v) is 11.8. The van der Waals surface area contributed by atoms with E-state index >= 15 is 0 Å². The molecular weight excluding hydrogens is 345 g/mol. The second-order valence-electron chi connectivity index (χ2n) is 3.57. The van der Waals surface area contributed by atoms with Gasteiger partial charge in [0.25, 0.3) is 0 Å². The fraction of sp³-hybridized carbons (Fsp3) is 0.222. The Morgan fingerprint density at radius 2 is 2.11 bits per heavy atom. The average Bonchev–Trinajstić information content (AvgIpc) is 2.30. The van der Waals surface area contributed by atoms with E-state index in [9.17, 15) is 17.6 Å². The Labute approximate surface area is 117 Å². The molecule has 6 N–H and O–H groups in total. The summed E-state index contributed by atoms with van der Waals surface area (Å²) in [6.07, 6.45) is -1.66. The van der Waals surface area contributed by atoms with Gasteiger partial charge in [0.2, 0.25) is 15.9 Å². The summed E-state index contributed by atoms with van der Waals surface area (Å²) < 4.78 is 38.7. The summed E-state index contributed by atoms with van der Waals surface area (Å²) in [6.45, 7) is -0.596. The van der Waals surface area contributed by atoms with Gasteiger partial charge in [-0.25, -0.2) is 17.5 Å². The van der Waals surface area contributed by atoms with Crippen molar-refractivity contribution in [2.45, 2.75) is 11.0 Å². The molecule has 106 valence electrons. The van der Waals surface area contributed by atoms with E-state index < -0.39 is 34.4 Å². The second kappa shape index (κ2) is 5.82. The third-order valence-corrected chi connectivity index (χ3v) is 4.52. The lowest BCUT2D eigenvalue weighted by Crippen LogP contribution is -2.40. The zero-order valence-electron chi connectivity index (χ0n) is 9.43. The first-order chi connectivity index (χ1) is 8.65. The number of halogens is 2. The minimum Gasteiger partial charge on any atom is -0.396 e. The highest BCUT2D eigenvalue weighted by Crippen LogP contribution is 2.26. The van der Waals surface area contributed by atoms with Crippen molar-refractivity contribution in [1.29, 1.82) is 0 Å². The molecule has 0 spiro atoms. The molecule has 1 rings (SSSR count). The van der Waals surface area contributed by atoms with Gasteiger partial charge in [0, 0.05) is 11.0 Å². The highest BCUT2D eigenvalue weighted by molar-refractivity contribution is 9.10. The van der Waals surface area contributed by atoms with Crippen LogP contribution in [-0.2, 0) is 14.8 Å². The van der Waals surface area contributed by atoms with E-state index in [1.807, 2.05) is 4.72 Å². The molecule has 0 heterocycles. The van der Waals surface area contributed by atoms with E-state index in [4.69, 9.17) is 16.6 Å². The predicted octanol–water partition coefficient (Wildman–Crippen LogP) is -0.705. The molecule has 1 aromatic carbocycles. The van der Waals surface area contributed by atoms with E-state index in [2.05, 4.69) is 15.9 Å². The number of nitrogens with one attached hydrogen (secondary N) is 1. The molecule has 0 saturated carbocycles. The lowest BCUT2D eigenvalue weighted by Gasteiger charge is -2.11. The van der Waals surface area contributed by atoms with Crippen molar-refractivity contribution in [2.75, 3.05) is 12.3 Å². The zero-order chi connectivity index (χ0) is 14.8. The van der Waals surface area contributed by atoms with E-state index in [0.717, 1.165) is 12.1 Å². The molecule has 19 heavy (non-hydrogen) atoms. The molecule has 0 bridgehead atoms. The average molecular weight is 356 g/mol. The SMILES string of the molecule is NC(=O)C(O)CNS(=O)(=O)c1cc(N)c(F)cc1Br. The van der Waals surface area contributed by atoms with Gasteiger partial charge in [-0.15, -0.1) is 0 Å². The first-order valence-corrected chi connectivity index (χ1v) is 7.14. The van der Waals surface area contributed by atoms with Gasteiger partial charge in [-0.05, 0) is 28.1 Å². The van der Waals surface area contributed by atoms with Crippen LogP contribution in [0.25, 0.3) is 0 Å². The van der Waals surface area contributed by atoms with Crippen molar-refractivity contribution in [3.8, 4) is 0 Å². The number of carbonyl (C=O) groups is 1. The Bertz CT molecular complexity index is 608. The molecule has 1 atom stereocenters. The largest absolute Gasteiger partial charge is 0.396 e. The lowest BCUT2D eigenvalue weighted by molar-refractivity contribution is -0.125. The third-order valence-electron chi connectivity index (χ3n) is 2.14. The van der Waals surface area contributed by atoms with Crippen LogP contribution in [0.2, 0.25) is 0 Å². The smallest absolute Gasteiger partial charge is 0.247 e. The van der Waals surface area contributed by atoms with E-state index in [1.165, 1.54) is 0 Å². The van der Waals surface area contributed by atoms with Crippen molar-refractivity contribution >= 4 is 37.5 Å². The van der Waals surface area contributed by atoms with Gasteiger partial charge in [0.1, 0.15) is 11.9 Å². The summed E-state index contributed by atoms with van der Waals surface area (Å²) in [4.78, 5) is 10.3. The van der Waals surface area contributed by atoms with Gasteiger partial charge in [0.05, 0.1) is 10.6 Å². The van der Waals surface area contributed by atoms with Crippen LogP contribution in [0.5, 0.6) is 0 Å². The van der Waals surface area contributed by atoms with Crippen LogP contribution in [-0.4, -0.2) is 32.1 Å². The fourth-order valence-corrected chi connectivity index (χ4v) is 3.20. The summed E-state index contributed by atoms with van der Waals surface area (Å²) in [5.41, 5.74) is 9.71. The van der Waals surface area contributed by atoms with Crippen LogP contribution in [0.15, 0.2) is 21.5 Å². The Balaban J connectivity index is 3.01. The molecule has 0 aromatic heterocycles. The monoisotopic (exact) mass is 355 g/mol. The Hall–Kier alpha value is -1.23. The highest BCUT2D eigenvalue weighted by atomic mass is 79.9. The Morgan fingerprint density at radius 3 is 2.63 bits per heavy atom. The van der Waals surface area contributed by atoms with Crippen LogP contribution < -0.4 is 16.2 Å². The first kappa shape index (κ1) is 15.8. The number of sulfonamides is 1. The van der Waals surface area contributed by atoms with Crippen LogP contribution >= 0.6 is 15.9 Å². The molecule has 0 fully saturated rings. The van der Waals surface area contributed by atoms with Gasteiger partial charge in [-0.3, -0.25) is 4.79 Å². The number of carbonyl (C=O) groups excluding carboxylic acids is 1. The van der Waals surface area contributed by atoms with Gasteiger partial charge in [0.15, 0.2) is 0 Å². The van der Waals surface area contributed by atoms with Gasteiger partial charge >= 0.3 is 0 Å². The Morgan fingerprint density at radius 1 is 1.53 bits per heavy atom. The highest BCUT2D eigenvalue weighted by Gasteiger charge is 2.22. The predicted molar refractivity (Wildman–Crippen MR) is 68.9 cm³/mol. The maximum atomic E-state index is 13.1. The Kier molecular flexibility index (Phi) is 4.85. The number of anilines is 1. The van der Waals surface area contributed by atoms with Crippen LogP contribution in [0.1, 0.15) is 0 Å². The van der Waals surface area contributed by atoms with Crippen LogP contribution in [0.4, 0.5) is 10.1 Å². The molecule has 0 saturated heterocycles. The number of rotatable bonds is 5. The van der Waals surface area contributed by atoms with Gasteiger partial charge in [-0.1, -0.05) is 0 Å². The third kappa shape index (κ3) is 3.86. The van der Waals surface area contributed by atoms with Crippen molar-refractivity contribution in [3.05, 3.63) is 22.4 Å². The minimum absolute atomic E-state index is 0.0414. The lowest BCUT2D eigenvalue weighted by atomic mass is 10.3. The maximum absolute atomic E-state index is 13.1. The number of primary amides is 1. The number of aliphatic hydroxyl groups is 1. The fourth-order valence-electron chi connectivity index (χ4n) is 1.12. The summed E-state index contributed by atoms with van der Waals surface area (Å²) in [6, 6.07) is 1.81. The molecule has 0 aliphatic heterocycles. The summed E-state index contributed by atoms with van der Waals surface area (Å²) in [5, 5.41) is 9.11. The molecule has 0 radical (unpaired) electrons. The molecule has 1 unspecified atom stereocenters. The van der Waals surface area contributed by atoms with E-state index in [0.29, 0.717) is 0 Å². The van der Waals surface area contributed by atoms with Gasteiger partial charge < -0.3 is 16.6 Å². The van der Waals surface area contributed by atoms with Crippen molar-refractivity contribution in [3.63, 3.8) is 0 Å². The topological polar surface area (TPSA) is 136 Å².